The van der Waals surface area contributed by atoms with Crippen molar-refractivity contribution in [2.45, 2.75) is 30.7 Å². The maximum absolute atomic E-state index is 12.0. The van der Waals surface area contributed by atoms with E-state index in [2.05, 4.69) is 9.46 Å². The molecule has 0 saturated carbocycles. The highest BCUT2D eigenvalue weighted by Crippen LogP contribution is 2.10. The molecule has 0 saturated heterocycles. The number of esters is 1. The van der Waals surface area contributed by atoms with Crippen LogP contribution in [0.25, 0.3) is 0 Å². The number of sulfonamides is 1. The first-order chi connectivity index (χ1) is 8.49. The van der Waals surface area contributed by atoms with Gasteiger partial charge in [0.05, 0.1) is 18.4 Å². The Morgan fingerprint density at radius 2 is 1.94 bits per heavy atom. The molecule has 0 bridgehead atoms. The van der Waals surface area contributed by atoms with Gasteiger partial charge in [-0.2, -0.15) is 0 Å². The minimum absolute atomic E-state index is 0.0268. The second kappa shape index (κ2) is 6.51. The molecule has 0 aliphatic heterocycles. The van der Waals surface area contributed by atoms with Crippen LogP contribution in [0.2, 0.25) is 0 Å². The number of carbonyl (C=O) groups is 1. The summed E-state index contributed by atoms with van der Waals surface area (Å²) in [5, 5.41) is 0. The Labute approximate surface area is 107 Å². The highest BCUT2D eigenvalue weighted by atomic mass is 32.2. The maximum Gasteiger partial charge on any atom is 0.307 e. The molecule has 1 aromatic carbocycles. The van der Waals surface area contributed by atoms with Crippen LogP contribution in [0.15, 0.2) is 35.2 Å². The summed E-state index contributed by atoms with van der Waals surface area (Å²) >= 11 is 0. The van der Waals surface area contributed by atoms with Crippen LogP contribution in [-0.2, 0) is 19.6 Å². The quantitative estimate of drug-likeness (QED) is 0.792. The van der Waals surface area contributed by atoms with Crippen LogP contribution in [-0.4, -0.2) is 27.5 Å². The highest BCUT2D eigenvalue weighted by Gasteiger charge is 2.20. The topological polar surface area (TPSA) is 72.5 Å². The zero-order valence-electron chi connectivity index (χ0n) is 10.4. The second-order valence-electron chi connectivity index (χ2n) is 3.82. The van der Waals surface area contributed by atoms with Gasteiger partial charge < -0.3 is 4.74 Å². The third kappa shape index (κ3) is 4.12. The number of carbonyl (C=O) groups excluding carboxylic acids is 1. The van der Waals surface area contributed by atoms with E-state index < -0.39 is 22.0 Å². The molecule has 18 heavy (non-hydrogen) atoms. The van der Waals surface area contributed by atoms with Crippen molar-refractivity contribution in [3.63, 3.8) is 0 Å². The third-order valence-electron chi connectivity index (χ3n) is 2.51. The first-order valence-electron chi connectivity index (χ1n) is 5.63. The lowest BCUT2D eigenvalue weighted by atomic mass is 10.2. The molecule has 6 heteroatoms. The van der Waals surface area contributed by atoms with Crippen molar-refractivity contribution in [3.8, 4) is 0 Å². The molecule has 5 nitrogen and oxygen atoms in total. The number of hydrogen-bond acceptors (Lipinski definition) is 4. The molecule has 1 aromatic rings. The van der Waals surface area contributed by atoms with Gasteiger partial charge in [-0.1, -0.05) is 25.1 Å². The van der Waals surface area contributed by atoms with Gasteiger partial charge in [-0.15, -0.1) is 0 Å². The first kappa shape index (κ1) is 14.7. The van der Waals surface area contributed by atoms with E-state index in [1.165, 1.54) is 19.2 Å². The predicted molar refractivity (Wildman–Crippen MR) is 67.5 cm³/mol. The van der Waals surface area contributed by atoms with Crippen molar-refractivity contribution >= 4 is 16.0 Å². The lowest BCUT2D eigenvalue weighted by Crippen LogP contribution is -2.36. The second-order valence-corrected chi connectivity index (χ2v) is 5.53. The average molecular weight is 271 g/mol. The van der Waals surface area contributed by atoms with E-state index in [0.29, 0.717) is 6.42 Å². The third-order valence-corrected chi connectivity index (χ3v) is 4.05. The Kier molecular flexibility index (Phi) is 5.30. The Bertz CT molecular complexity index is 484. The van der Waals surface area contributed by atoms with Gasteiger partial charge in [0.2, 0.25) is 10.0 Å². The van der Waals surface area contributed by atoms with Crippen molar-refractivity contribution in [3.05, 3.63) is 30.3 Å². The summed E-state index contributed by atoms with van der Waals surface area (Å²) < 4.78 is 31.0. The molecule has 100 valence electrons. The van der Waals surface area contributed by atoms with E-state index in [0.717, 1.165) is 0 Å². The van der Waals surface area contributed by atoms with E-state index in [1.54, 1.807) is 25.1 Å². The largest absolute Gasteiger partial charge is 0.469 e. The number of ether oxygens (including phenoxy) is 1. The van der Waals surface area contributed by atoms with Crippen LogP contribution in [0, 0.1) is 0 Å². The maximum atomic E-state index is 12.0. The Morgan fingerprint density at radius 1 is 1.33 bits per heavy atom. The van der Waals surface area contributed by atoms with E-state index in [-0.39, 0.29) is 11.3 Å². The van der Waals surface area contributed by atoms with E-state index in [9.17, 15) is 13.2 Å². The number of benzene rings is 1. The Balaban J connectivity index is 2.78. The molecule has 0 aromatic heterocycles. The van der Waals surface area contributed by atoms with Gasteiger partial charge in [0, 0.05) is 6.04 Å². The molecule has 1 atom stereocenters. The minimum atomic E-state index is -3.58. The van der Waals surface area contributed by atoms with Gasteiger partial charge >= 0.3 is 5.97 Å². The van der Waals surface area contributed by atoms with Crippen LogP contribution in [0.1, 0.15) is 19.8 Å². The smallest absolute Gasteiger partial charge is 0.307 e. The van der Waals surface area contributed by atoms with Crippen molar-refractivity contribution < 1.29 is 17.9 Å². The van der Waals surface area contributed by atoms with E-state index in [4.69, 9.17) is 0 Å². The van der Waals surface area contributed by atoms with Gasteiger partial charge in [-0.05, 0) is 18.6 Å². The fourth-order valence-electron chi connectivity index (χ4n) is 1.44. The van der Waals surface area contributed by atoms with E-state index >= 15 is 0 Å². The summed E-state index contributed by atoms with van der Waals surface area (Å²) in [5.74, 6) is -0.433. The fourth-order valence-corrected chi connectivity index (χ4v) is 2.78. The lowest BCUT2D eigenvalue weighted by Gasteiger charge is -2.15. The van der Waals surface area contributed by atoms with Crippen molar-refractivity contribution in [2.24, 2.45) is 0 Å². The highest BCUT2D eigenvalue weighted by molar-refractivity contribution is 7.89. The Hall–Kier alpha value is -1.40. The van der Waals surface area contributed by atoms with Crippen LogP contribution < -0.4 is 4.72 Å². The van der Waals surface area contributed by atoms with Crippen molar-refractivity contribution in [2.75, 3.05) is 7.11 Å². The molecule has 1 rings (SSSR count). The number of methoxy groups -OCH3 is 1. The molecule has 0 fully saturated rings. The first-order valence-corrected chi connectivity index (χ1v) is 7.12. The lowest BCUT2D eigenvalue weighted by molar-refractivity contribution is -0.141. The fraction of sp³-hybridized carbons (Fsp3) is 0.417. The van der Waals surface area contributed by atoms with Gasteiger partial charge in [0.1, 0.15) is 0 Å². The number of rotatable bonds is 6. The number of nitrogens with one attached hydrogen (secondary N) is 1. The summed E-state index contributed by atoms with van der Waals surface area (Å²) in [6.07, 6.45) is 0.542. The molecule has 0 aliphatic carbocycles. The van der Waals surface area contributed by atoms with Gasteiger partial charge in [0.15, 0.2) is 0 Å². The molecule has 0 aliphatic rings. The van der Waals surface area contributed by atoms with Crippen LogP contribution >= 0.6 is 0 Å². The molecule has 1 N–H and O–H groups in total. The minimum Gasteiger partial charge on any atom is -0.469 e. The zero-order chi connectivity index (χ0) is 13.6. The molecule has 0 amide bonds. The van der Waals surface area contributed by atoms with Gasteiger partial charge in [-0.25, -0.2) is 13.1 Å². The van der Waals surface area contributed by atoms with E-state index in [1.807, 2.05) is 0 Å². The average Bonchev–Trinajstić information content (AvgIpc) is 2.38. The van der Waals surface area contributed by atoms with Crippen LogP contribution in [0.4, 0.5) is 0 Å². The predicted octanol–water partition coefficient (Wildman–Crippen LogP) is 1.31. The molecular formula is C12H17NO4S. The van der Waals surface area contributed by atoms with Crippen LogP contribution in [0.3, 0.4) is 0 Å². The zero-order valence-corrected chi connectivity index (χ0v) is 11.2. The van der Waals surface area contributed by atoms with Crippen LogP contribution in [0.5, 0.6) is 0 Å². The molecular weight excluding hydrogens is 254 g/mol. The molecule has 0 radical (unpaired) electrons. The summed E-state index contributed by atoms with van der Waals surface area (Å²) in [4.78, 5) is 11.3. The summed E-state index contributed by atoms with van der Waals surface area (Å²) in [7, 11) is -2.30. The monoisotopic (exact) mass is 271 g/mol. The summed E-state index contributed by atoms with van der Waals surface area (Å²) in [6.45, 7) is 1.81. The Morgan fingerprint density at radius 3 is 2.44 bits per heavy atom. The van der Waals surface area contributed by atoms with Crippen molar-refractivity contribution in [1.29, 1.82) is 0 Å². The summed E-state index contributed by atoms with van der Waals surface area (Å²) in [6, 6.07) is 7.60. The molecule has 1 unspecified atom stereocenters. The van der Waals surface area contributed by atoms with Crippen molar-refractivity contribution in [1.82, 2.24) is 4.72 Å². The molecule has 0 heterocycles. The summed E-state index contributed by atoms with van der Waals surface area (Å²) in [5.41, 5.74) is 0. The van der Waals surface area contributed by atoms with Gasteiger partial charge in [0.25, 0.3) is 0 Å². The van der Waals surface area contributed by atoms with Gasteiger partial charge in [-0.3, -0.25) is 4.79 Å². The number of hydrogen-bond donors (Lipinski definition) is 1. The normalized spacial score (nSPS) is 13.0. The standard InChI is InChI=1S/C12H17NO4S/c1-3-10(9-12(14)17-2)13-18(15,16)11-7-5-4-6-8-11/h4-8,10,13H,3,9H2,1-2H3. The molecule has 0 spiro atoms. The SMILES string of the molecule is CCC(CC(=O)OC)NS(=O)(=O)c1ccccc1.